The van der Waals surface area contributed by atoms with Crippen molar-refractivity contribution in [1.29, 1.82) is 0 Å². The average molecular weight is 1970 g/mol. The molecular weight excluding hydrogens is 1840 g/mol. The smallest absolute Gasteiger partial charge is 0.414 e. The molecule has 9 atom stereocenters. The summed E-state index contributed by atoms with van der Waals surface area (Å²) in [5, 5.41) is 7.90. The van der Waals surface area contributed by atoms with E-state index in [0.29, 0.717) is 73.2 Å². The Balaban J connectivity index is 0.000000184. The molecule has 0 aromatic heterocycles. The van der Waals surface area contributed by atoms with Crippen molar-refractivity contribution >= 4 is 164 Å². The topological polar surface area (TPSA) is 290 Å². The zero-order valence-corrected chi connectivity index (χ0v) is 87.0. The second-order valence-electron chi connectivity index (χ2n) is 39.4. The summed E-state index contributed by atoms with van der Waals surface area (Å²) in [7, 11) is -6.53. The number of rotatable bonds is 35. The summed E-state index contributed by atoms with van der Waals surface area (Å²) in [6.07, 6.45) is 0.546. The molecule has 6 amide bonds. The molecule has 0 saturated carbocycles. The Kier molecular flexibility index (Phi) is 33.0. The number of ether oxygens (including phenoxy) is 5. The van der Waals surface area contributed by atoms with E-state index in [4.69, 9.17) is 37.0 Å². The van der Waals surface area contributed by atoms with E-state index in [2.05, 4.69) is 106 Å². The molecule has 1 N–H and O–H groups in total. The highest BCUT2D eigenvalue weighted by atomic mass is 31.2. The number of hydrogen-bond acceptors (Lipinski definition) is 19. The lowest BCUT2D eigenvalue weighted by molar-refractivity contribution is -0.156. The highest BCUT2D eigenvalue weighted by molar-refractivity contribution is 7.97. The van der Waals surface area contributed by atoms with Crippen molar-refractivity contribution in [3.8, 4) is 0 Å². The van der Waals surface area contributed by atoms with Crippen LogP contribution in [-0.2, 0) is 60.9 Å². The number of β-lactam (4-membered cyclic amide) rings is 3. The van der Waals surface area contributed by atoms with E-state index in [9.17, 15) is 47.9 Å². The molecule has 9 aromatic rings. The van der Waals surface area contributed by atoms with Crippen LogP contribution in [0.3, 0.4) is 0 Å². The summed E-state index contributed by atoms with van der Waals surface area (Å²) in [4.78, 5) is 157. The van der Waals surface area contributed by atoms with Crippen LogP contribution in [0.2, 0.25) is 55.9 Å². The van der Waals surface area contributed by atoms with Crippen LogP contribution in [0.5, 0.6) is 0 Å². The SMILES string of the molecule is C=CCOC(=O)C(N1C(=O)[C@H]([C@@H](C)O[Si](C)(C)C(C)(C)C)[C@H]1CC(=O)c1ccc(N2CCOC2=O)cc1)=P(c1ccccc1)(c1ccccc1)c1ccccc1.C=CCOC(=O)C(N1C(=O)[C@H]([C@@H](C)O[Si](C)(C)C)[C@H]1CC(=O)c1ccc(N2CCOC2=O)cc1)=P(c1ccccc1)(c1ccccc1)c1ccccc1.C[C@@H](O[Si](C)(C)C(C)(C)C)[C@H]1C(=O)N[C@@H]1CC(=O)c1ccc(N2CCOC2=O)cc1. The van der Waals surface area contributed by atoms with Gasteiger partial charge in [0.05, 0.1) is 73.8 Å². The van der Waals surface area contributed by atoms with E-state index >= 15 is 4.79 Å². The van der Waals surface area contributed by atoms with Crippen molar-refractivity contribution in [2.24, 2.45) is 17.8 Å². The van der Waals surface area contributed by atoms with Crippen LogP contribution in [-0.4, -0.2) is 200 Å². The van der Waals surface area contributed by atoms with Gasteiger partial charge in [-0.2, -0.15) is 0 Å². The number of ketones is 3. The Morgan fingerprint density at radius 3 is 0.885 bits per heavy atom. The van der Waals surface area contributed by atoms with Crippen molar-refractivity contribution in [2.75, 3.05) is 67.4 Å². The number of carbonyl (C=O) groups excluding carboxylic acids is 11. The monoisotopic (exact) mass is 1970 g/mol. The number of nitrogens with zero attached hydrogens (tertiary/aromatic N) is 5. The molecule has 6 fully saturated rings. The molecule has 25 nitrogen and oxygen atoms in total. The van der Waals surface area contributed by atoms with Gasteiger partial charge in [0.15, 0.2) is 42.3 Å². The first kappa shape index (κ1) is 104. The van der Waals surface area contributed by atoms with Gasteiger partial charge in [-0.05, 0) is 181 Å². The summed E-state index contributed by atoms with van der Waals surface area (Å²) in [5.74, 6) is -4.16. The van der Waals surface area contributed by atoms with E-state index in [1.54, 1.807) is 82.6 Å². The number of amides is 6. The van der Waals surface area contributed by atoms with E-state index < -0.39 is 99.0 Å². The number of hydrogen-bond donors (Lipinski definition) is 1. The molecule has 0 unspecified atom stereocenters. The van der Waals surface area contributed by atoms with Gasteiger partial charge in [-0.25, -0.2) is 24.0 Å². The molecule has 0 spiro atoms. The first-order valence-corrected chi connectivity index (χ1v) is 60.1. The Labute approximate surface area is 819 Å². The minimum atomic E-state index is -3.20. The number of carbonyl (C=O) groups is 11. The minimum absolute atomic E-state index is 0.0416. The Morgan fingerprint density at radius 1 is 0.388 bits per heavy atom. The minimum Gasteiger partial charge on any atom is -0.457 e. The summed E-state index contributed by atoms with van der Waals surface area (Å²) < 4.78 is 46.8. The van der Waals surface area contributed by atoms with Crippen LogP contribution in [0.4, 0.5) is 31.4 Å². The lowest BCUT2D eigenvalue weighted by atomic mass is 9.79. The van der Waals surface area contributed by atoms with Gasteiger partial charge in [-0.1, -0.05) is 249 Å². The lowest BCUT2D eigenvalue weighted by Crippen LogP contribution is -2.69. The first-order chi connectivity index (χ1) is 66.1. The third kappa shape index (κ3) is 22.5. The number of benzene rings is 9. The molecule has 0 aliphatic carbocycles. The van der Waals surface area contributed by atoms with Crippen LogP contribution in [0.1, 0.15) is 113 Å². The quantitative estimate of drug-likeness (QED) is 0.00734. The number of esters is 2. The van der Waals surface area contributed by atoms with Crippen molar-refractivity contribution < 1.29 is 89.7 Å². The van der Waals surface area contributed by atoms with Gasteiger partial charge in [-0.3, -0.25) is 43.5 Å². The number of Topliss-reactive ketones (excluding diaryl/α,β-unsaturated/α-hetero) is 3. The zero-order chi connectivity index (χ0) is 100. The Hall–Kier alpha value is -12.2. The first-order valence-electron chi connectivity index (χ1n) is 47.3. The van der Waals surface area contributed by atoms with Crippen LogP contribution in [0.15, 0.2) is 280 Å². The number of cyclic esters (lactones) is 3. The third-order valence-corrected chi connectivity index (χ3v) is 45.9. The fraction of sp³-hybridized carbons (Fsp3) is 0.349. The maximum absolute atomic E-state index is 15.1. The van der Waals surface area contributed by atoms with Crippen LogP contribution < -0.4 is 51.8 Å². The highest BCUT2D eigenvalue weighted by Gasteiger charge is 2.60. The van der Waals surface area contributed by atoms with Gasteiger partial charge in [0.2, 0.25) is 17.7 Å². The molecule has 9 aromatic carbocycles. The lowest BCUT2D eigenvalue weighted by Gasteiger charge is -2.53. The summed E-state index contributed by atoms with van der Waals surface area (Å²) in [5.41, 5.74) is 3.76. The van der Waals surface area contributed by atoms with Crippen molar-refractivity contribution in [3.05, 3.63) is 297 Å². The van der Waals surface area contributed by atoms with Crippen molar-refractivity contribution in [3.63, 3.8) is 0 Å². The Morgan fingerprint density at radius 2 is 0.647 bits per heavy atom. The van der Waals surface area contributed by atoms with E-state index in [1.165, 1.54) is 26.9 Å². The largest absolute Gasteiger partial charge is 0.457 e. The zero-order valence-electron chi connectivity index (χ0n) is 82.2. The van der Waals surface area contributed by atoms with E-state index in [0.717, 1.165) is 31.8 Å². The molecule has 6 aliphatic rings. The predicted molar refractivity (Wildman–Crippen MR) is 558 cm³/mol. The highest BCUT2D eigenvalue weighted by Crippen LogP contribution is 2.54. The molecule has 0 bridgehead atoms. The predicted octanol–water partition coefficient (Wildman–Crippen LogP) is 17.2. The molecule has 0 radical (unpaired) electrons. The van der Waals surface area contributed by atoms with Gasteiger partial charge >= 0.3 is 30.2 Å². The number of anilines is 3. The molecule has 139 heavy (non-hydrogen) atoms. The van der Waals surface area contributed by atoms with Gasteiger partial charge in [0.25, 0.3) is 0 Å². The van der Waals surface area contributed by atoms with E-state index in [1.807, 2.05) is 203 Å². The second-order valence-corrected chi connectivity index (χ2v) is 60.0. The molecule has 30 heteroatoms. The van der Waals surface area contributed by atoms with Crippen molar-refractivity contribution in [2.45, 2.75) is 174 Å². The number of nitrogens with one attached hydrogen (secondary N) is 1. The maximum Gasteiger partial charge on any atom is 0.414 e. The van der Waals surface area contributed by atoms with Gasteiger partial charge < -0.3 is 52.1 Å². The van der Waals surface area contributed by atoms with Gasteiger partial charge in [0.1, 0.15) is 43.9 Å². The third-order valence-electron chi connectivity index (χ3n) is 27.2. The Bertz CT molecular complexity index is 5910. The number of likely N-dealkylation sites (tertiary alicyclic amines) is 2. The summed E-state index contributed by atoms with van der Waals surface area (Å²) >= 11 is 0. The molecule has 6 saturated heterocycles. The van der Waals surface area contributed by atoms with Gasteiger partial charge in [0, 0.05) is 66.8 Å². The molecule has 15 rings (SSSR count). The summed E-state index contributed by atoms with van der Waals surface area (Å²) in [6, 6.07) is 77.5. The van der Waals surface area contributed by atoms with Crippen LogP contribution in [0, 0.1) is 17.8 Å². The molecule has 6 heterocycles. The molecule has 6 aliphatic heterocycles. The fourth-order valence-electron chi connectivity index (χ4n) is 18.4. The van der Waals surface area contributed by atoms with Crippen LogP contribution in [0.25, 0.3) is 0 Å². The van der Waals surface area contributed by atoms with Gasteiger partial charge in [-0.15, -0.1) is 0 Å². The maximum atomic E-state index is 15.1. The van der Waals surface area contributed by atoms with E-state index in [-0.39, 0.29) is 113 Å². The average Bonchev–Trinajstić information content (AvgIpc) is 1.20. The fourth-order valence-corrected chi connectivity index (χ4v) is 31.3. The summed E-state index contributed by atoms with van der Waals surface area (Å²) in [6.45, 7) is 36.8. The van der Waals surface area contributed by atoms with Crippen LogP contribution >= 0.6 is 13.8 Å². The second kappa shape index (κ2) is 44.1. The molecule has 730 valence electrons. The standard InChI is InChI=1S/C45H51N2O7PSi.C42H45N2O7PSi.C22H32N2O5Si/c1-8-29-52-43(50)42(55(35-18-12-9-13-19-35,36-20-14-10-15-21-36)37-22-16-11-17-23-37)47-38(40(41(47)49)32(2)54-56(6,7)45(3,4)5)31-39(48)33-24-26-34(27-25-33)46-28-30-53-44(46)51;1-6-27-49-41(47)40(52(33-16-10-7-11-17-33,34-18-12-8-13-19-34)35-20-14-9-15-21-35)44-36(38(39(44)46)30(2)51-53(3,4)5)29-37(45)31-22-24-32(25-23-31)43-26-28-50-42(43)48;1-14(29-30(5,6)22(2,3)4)19-17(23-20(19)26)13-18(25)15-7-9-16(10-8-15)24-11-12-28-21(24)27/h8-27,32,38,40H,1,28-31H2,2-7H3;6-25,30,36,38H,1,26-29H2,2-5H3;7-10,14,17,19H,11-13H2,1-6H3,(H,23,26)/t32-,38-,40-;30-,36-,38-;14-,17-,19-/m111/s1. The van der Waals surface area contributed by atoms with Crippen molar-refractivity contribution in [1.82, 2.24) is 15.1 Å². The molecular formula is C109H128N6O19P2Si3. The normalized spacial score (nSPS) is 18.9.